The van der Waals surface area contributed by atoms with Crippen molar-refractivity contribution in [1.29, 1.82) is 0 Å². The number of anilines is 1. The first-order chi connectivity index (χ1) is 10.1. The Bertz CT molecular complexity index is 793. The van der Waals surface area contributed by atoms with E-state index in [9.17, 15) is 5.11 Å². The normalized spacial score (nSPS) is 11.0. The Morgan fingerprint density at radius 3 is 2.95 bits per heavy atom. The molecule has 108 valence electrons. The maximum atomic E-state index is 9.84. The minimum Gasteiger partial charge on any atom is -0.508 e. The van der Waals surface area contributed by atoms with Crippen LogP contribution >= 0.6 is 11.6 Å². The largest absolute Gasteiger partial charge is 0.508 e. The van der Waals surface area contributed by atoms with Gasteiger partial charge in [0, 0.05) is 29.6 Å². The highest BCUT2D eigenvalue weighted by Gasteiger charge is 2.09. The summed E-state index contributed by atoms with van der Waals surface area (Å²) in [6.07, 6.45) is 1.75. The second-order valence-corrected chi connectivity index (χ2v) is 5.30. The number of nitrogens with zero attached hydrogens (tertiary/aromatic N) is 3. The van der Waals surface area contributed by atoms with Gasteiger partial charge in [-0.05, 0) is 25.1 Å². The molecule has 0 saturated heterocycles. The minimum atomic E-state index is 0.182. The number of nitrogens with one attached hydrogen (secondary N) is 1. The van der Waals surface area contributed by atoms with E-state index in [-0.39, 0.29) is 5.75 Å². The highest BCUT2D eigenvalue weighted by Crippen LogP contribution is 2.26. The van der Waals surface area contributed by atoms with E-state index in [0.29, 0.717) is 17.1 Å². The standard InChI is InChI=1S/C15H15ClN4O/c1-9-11-6-10(7-18-15(11)20(2)19-9)17-8-12-13(16)4-3-5-14(12)21/h3-7,17,21H,8H2,1-2H3. The molecule has 2 N–H and O–H groups in total. The second-order valence-electron chi connectivity index (χ2n) is 4.90. The number of phenolic OH excluding ortho intramolecular Hbond substituents is 1. The SMILES string of the molecule is Cc1nn(C)c2ncc(NCc3c(O)cccc3Cl)cc12. The van der Waals surface area contributed by atoms with E-state index in [1.165, 1.54) is 0 Å². The van der Waals surface area contributed by atoms with Crippen LogP contribution in [0.25, 0.3) is 11.0 Å². The molecule has 21 heavy (non-hydrogen) atoms. The second kappa shape index (κ2) is 5.26. The summed E-state index contributed by atoms with van der Waals surface area (Å²) in [5.74, 6) is 0.182. The van der Waals surface area contributed by atoms with Crippen molar-refractivity contribution in [3.8, 4) is 5.75 Å². The number of pyridine rings is 1. The van der Waals surface area contributed by atoms with E-state index in [4.69, 9.17) is 11.6 Å². The van der Waals surface area contributed by atoms with E-state index in [1.54, 1.807) is 29.1 Å². The zero-order valence-corrected chi connectivity index (χ0v) is 12.5. The van der Waals surface area contributed by atoms with Crippen molar-refractivity contribution in [2.45, 2.75) is 13.5 Å². The van der Waals surface area contributed by atoms with Gasteiger partial charge in [0.1, 0.15) is 5.75 Å². The van der Waals surface area contributed by atoms with E-state index in [1.807, 2.05) is 20.0 Å². The summed E-state index contributed by atoms with van der Waals surface area (Å²) in [4.78, 5) is 4.40. The van der Waals surface area contributed by atoms with Crippen LogP contribution in [0.2, 0.25) is 5.02 Å². The van der Waals surface area contributed by atoms with Gasteiger partial charge in [-0.25, -0.2) is 4.98 Å². The number of hydrogen-bond donors (Lipinski definition) is 2. The van der Waals surface area contributed by atoms with Crippen molar-refractivity contribution in [3.63, 3.8) is 0 Å². The van der Waals surface area contributed by atoms with Gasteiger partial charge in [-0.15, -0.1) is 0 Å². The average Bonchev–Trinajstić information content (AvgIpc) is 2.73. The summed E-state index contributed by atoms with van der Waals surface area (Å²) >= 11 is 6.09. The fraction of sp³-hybridized carbons (Fsp3) is 0.200. The zero-order valence-electron chi connectivity index (χ0n) is 11.8. The smallest absolute Gasteiger partial charge is 0.157 e. The Kier molecular flexibility index (Phi) is 3.43. The maximum absolute atomic E-state index is 9.84. The number of aryl methyl sites for hydroxylation is 2. The Labute approximate surface area is 127 Å². The maximum Gasteiger partial charge on any atom is 0.157 e. The molecule has 0 amide bonds. The summed E-state index contributed by atoms with van der Waals surface area (Å²) in [5, 5.41) is 18.9. The van der Waals surface area contributed by atoms with E-state index >= 15 is 0 Å². The van der Waals surface area contributed by atoms with E-state index in [0.717, 1.165) is 22.4 Å². The van der Waals surface area contributed by atoms with E-state index < -0.39 is 0 Å². The highest BCUT2D eigenvalue weighted by atomic mass is 35.5. The van der Waals surface area contributed by atoms with Gasteiger partial charge < -0.3 is 10.4 Å². The molecule has 5 nitrogen and oxygen atoms in total. The molecular formula is C15H15ClN4O. The molecule has 3 aromatic rings. The Morgan fingerprint density at radius 1 is 1.38 bits per heavy atom. The molecular weight excluding hydrogens is 288 g/mol. The van der Waals surface area contributed by atoms with Gasteiger partial charge in [0.15, 0.2) is 5.65 Å². The molecule has 0 aliphatic heterocycles. The molecule has 0 fully saturated rings. The first-order valence-electron chi connectivity index (χ1n) is 6.56. The van der Waals surface area contributed by atoms with Crippen LogP contribution in [-0.2, 0) is 13.6 Å². The minimum absolute atomic E-state index is 0.182. The van der Waals surface area contributed by atoms with Crippen LogP contribution in [0.3, 0.4) is 0 Å². The number of aromatic nitrogens is 3. The van der Waals surface area contributed by atoms with Crippen molar-refractivity contribution in [2.75, 3.05) is 5.32 Å². The number of rotatable bonds is 3. The summed E-state index contributed by atoms with van der Waals surface area (Å²) in [7, 11) is 1.87. The van der Waals surface area contributed by atoms with Crippen LogP contribution in [0.15, 0.2) is 30.5 Å². The first-order valence-corrected chi connectivity index (χ1v) is 6.93. The molecule has 0 radical (unpaired) electrons. The van der Waals surface area contributed by atoms with Crippen molar-refractivity contribution in [2.24, 2.45) is 7.05 Å². The fourth-order valence-electron chi connectivity index (χ4n) is 2.32. The number of halogens is 1. The Morgan fingerprint density at radius 2 is 2.19 bits per heavy atom. The number of hydrogen-bond acceptors (Lipinski definition) is 4. The molecule has 0 unspecified atom stereocenters. The lowest BCUT2D eigenvalue weighted by Gasteiger charge is -2.09. The third-order valence-corrected chi connectivity index (χ3v) is 3.78. The predicted octanol–water partition coefficient (Wildman–Crippen LogP) is 3.25. The van der Waals surface area contributed by atoms with Crippen LogP contribution in [0.4, 0.5) is 5.69 Å². The molecule has 0 saturated carbocycles. The lowest BCUT2D eigenvalue weighted by Crippen LogP contribution is -2.01. The molecule has 0 spiro atoms. The van der Waals surface area contributed by atoms with Crippen LogP contribution in [0.5, 0.6) is 5.75 Å². The molecule has 2 heterocycles. The van der Waals surface area contributed by atoms with Gasteiger partial charge in [-0.2, -0.15) is 5.10 Å². The fourth-order valence-corrected chi connectivity index (χ4v) is 2.55. The van der Waals surface area contributed by atoms with Crippen molar-refractivity contribution < 1.29 is 5.11 Å². The molecule has 0 atom stereocenters. The molecule has 1 aromatic carbocycles. The van der Waals surface area contributed by atoms with Crippen molar-refractivity contribution >= 4 is 28.3 Å². The molecule has 6 heteroatoms. The quantitative estimate of drug-likeness (QED) is 0.779. The van der Waals surface area contributed by atoms with Crippen LogP contribution in [0.1, 0.15) is 11.3 Å². The van der Waals surface area contributed by atoms with Gasteiger partial charge in [0.25, 0.3) is 0 Å². The average molecular weight is 303 g/mol. The molecule has 2 aromatic heterocycles. The first kappa shape index (κ1) is 13.7. The van der Waals surface area contributed by atoms with Crippen molar-refractivity contribution in [1.82, 2.24) is 14.8 Å². The monoisotopic (exact) mass is 302 g/mol. The Hall–Kier alpha value is -2.27. The lowest BCUT2D eigenvalue weighted by molar-refractivity contribution is 0.469. The van der Waals surface area contributed by atoms with E-state index in [2.05, 4.69) is 15.4 Å². The van der Waals surface area contributed by atoms with Crippen molar-refractivity contribution in [3.05, 3.63) is 46.7 Å². The third-order valence-electron chi connectivity index (χ3n) is 3.43. The van der Waals surface area contributed by atoms with Gasteiger partial charge in [-0.3, -0.25) is 4.68 Å². The van der Waals surface area contributed by atoms with Crippen LogP contribution in [0, 0.1) is 6.92 Å². The molecule has 3 rings (SSSR count). The topological polar surface area (TPSA) is 63.0 Å². The number of benzene rings is 1. The molecule has 0 aliphatic carbocycles. The zero-order chi connectivity index (χ0) is 15.0. The predicted molar refractivity (Wildman–Crippen MR) is 83.7 cm³/mol. The number of aromatic hydroxyl groups is 1. The molecule has 0 bridgehead atoms. The Balaban J connectivity index is 1.87. The summed E-state index contributed by atoms with van der Waals surface area (Å²) in [6.45, 7) is 2.38. The third kappa shape index (κ3) is 2.52. The van der Waals surface area contributed by atoms with Gasteiger partial charge in [0.2, 0.25) is 0 Å². The summed E-state index contributed by atoms with van der Waals surface area (Å²) in [5.41, 5.74) is 3.31. The summed E-state index contributed by atoms with van der Waals surface area (Å²) < 4.78 is 1.76. The van der Waals surface area contributed by atoms with Crippen LogP contribution in [-0.4, -0.2) is 19.9 Å². The van der Waals surface area contributed by atoms with Gasteiger partial charge in [0.05, 0.1) is 17.6 Å². The number of fused-ring (bicyclic) bond motifs is 1. The highest BCUT2D eigenvalue weighted by molar-refractivity contribution is 6.31. The number of phenols is 1. The lowest BCUT2D eigenvalue weighted by atomic mass is 10.2. The molecule has 0 aliphatic rings. The van der Waals surface area contributed by atoms with Gasteiger partial charge >= 0.3 is 0 Å². The van der Waals surface area contributed by atoms with Crippen LogP contribution < -0.4 is 5.32 Å². The van der Waals surface area contributed by atoms with Gasteiger partial charge in [-0.1, -0.05) is 17.7 Å². The summed E-state index contributed by atoms with van der Waals surface area (Å²) in [6, 6.07) is 7.09.